The van der Waals surface area contributed by atoms with Gasteiger partial charge in [0.2, 0.25) is 0 Å². The van der Waals surface area contributed by atoms with Crippen molar-refractivity contribution in [3.8, 4) is 68.0 Å². The molecule has 110 heavy (non-hydrogen) atoms. The number of amides is 2. The van der Waals surface area contributed by atoms with Gasteiger partial charge in [-0.15, -0.1) is 0 Å². The molecule has 8 aromatic carbocycles. The molecule has 0 saturated carbocycles. The van der Waals surface area contributed by atoms with E-state index in [9.17, 15) is 28.0 Å². The number of benzene rings is 8. The molecular formula is C88H70Cl2F2N10O8. The Kier molecular flexibility index (Phi) is 18.7. The van der Waals surface area contributed by atoms with Crippen molar-refractivity contribution in [1.29, 1.82) is 0 Å². The summed E-state index contributed by atoms with van der Waals surface area (Å²) in [6.45, 7) is 6.69. The summed E-state index contributed by atoms with van der Waals surface area (Å²) in [5.41, 5.74) is 17.2. The third kappa shape index (κ3) is 12.9. The Hall–Kier alpha value is -12.5. The number of ketones is 2. The fourth-order valence-electron chi connectivity index (χ4n) is 15.4. The van der Waals surface area contributed by atoms with Crippen molar-refractivity contribution >= 4 is 133 Å². The monoisotopic (exact) mass is 1500 g/mol. The fourth-order valence-corrected chi connectivity index (χ4v) is 15.9. The van der Waals surface area contributed by atoms with Gasteiger partial charge in [-0.2, -0.15) is 0 Å². The van der Waals surface area contributed by atoms with E-state index in [0.717, 1.165) is 187 Å². The van der Waals surface area contributed by atoms with Crippen LogP contribution in [-0.4, -0.2) is 104 Å². The van der Waals surface area contributed by atoms with Gasteiger partial charge in [-0.25, -0.2) is 8.78 Å². The Bertz CT molecular complexity index is 6500. The molecule has 0 bridgehead atoms. The highest BCUT2D eigenvalue weighted by molar-refractivity contribution is 6.33. The zero-order valence-corrected chi connectivity index (χ0v) is 61.7. The molecule has 20 rings (SSSR count). The standard InChI is InChI=1S/C23H20ClN3O2.C23H19ClN2O2.C21H16FN3O2.C21H15FN2O2/c1-2-9-29-20-6-4-13(10-17(20)24)19-11-16-14(12-26-19)3-5-15-21-18(27-22(15)16)7-8-25-23(21)28;1-2-9-28-21-8-4-13(10-17(21)24)19-11-16-14(12-25-19)3-5-15-22-18(26-23(15)16)6-7-20(22)27;1-27-18-5-3-11(8-15(18)22)17-9-14-12(10-24-17)2-4-13-19-16(25-20(13)14)6-7-23-21(19)26;1-26-19-7-3-11(8-15(19)22)17-9-14-12(10-23-17)2-4-13-20-16(24-21(13)14)5-6-18(20)25/h3-6,10-12,27H,2,7-9H2,1H3,(H,25,28);3-5,8,10-12,26H,2,6-7,9H2,1H3;2-5,8-10,25H,6-7H2,1H3,(H,23,26);2-4,7-10,24H,5-6H2,1H3. The number of aromatic amines is 4. The van der Waals surface area contributed by atoms with Crippen molar-refractivity contribution in [2.45, 2.75) is 65.2 Å². The molecule has 0 fully saturated rings. The van der Waals surface area contributed by atoms with E-state index in [1.54, 1.807) is 36.7 Å². The number of rotatable bonds is 12. The van der Waals surface area contributed by atoms with E-state index in [1.165, 1.54) is 26.4 Å². The number of nitrogens with one attached hydrogen (secondary N) is 6. The number of hydrogen-bond acceptors (Lipinski definition) is 12. The summed E-state index contributed by atoms with van der Waals surface area (Å²) in [7, 11) is 2.88. The number of carbonyl (C=O) groups is 4. The van der Waals surface area contributed by atoms with Crippen molar-refractivity contribution in [3.05, 3.63) is 237 Å². The summed E-state index contributed by atoms with van der Waals surface area (Å²) in [6, 6.07) is 45.0. The molecule has 18 nitrogen and oxygen atoms in total. The number of hydrogen-bond donors (Lipinski definition) is 6. The van der Waals surface area contributed by atoms with Crippen LogP contribution in [0, 0.1) is 11.6 Å². The van der Waals surface area contributed by atoms with Gasteiger partial charge in [0.05, 0.1) is 93.4 Å². The van der Waals surface area contributed by atoms with Gasteiger partial charge >= 0.3 is 0 Å². The van der Waals surface area contributed by atoms with Crippen molar-refractivity contribution in [2.24, 2.45) is 0 Å². The van der Waals surface area contributed by atoms with Gasteiger partial charge < -0.3 is 49.5 Å². The molecule has 16 aromatic rings. The first-order valence-electron chi connectivity index (χ1n) is 36.5. The summed E-state index contributed by atoms with van der Waals surface area (Å²) >= 11 is 12.8. The molecule has 6 N–H and O–H groups in total. The van der Waals surface area contributed by atoms with Gasteiger partial charge in [-0.1, -0.05) is 85.6 Å². The Morgan fingerprint density at radius 2 is 0.673 bits per heavy atom. The lowest BCUT2D eigenvalue weighted by Crippen LogP contribution is -2.31. The Balaban J connectivity index is 0.000000107. The molecule has 0 spiro atoms. The first kappa shape index (κ1) is 70.5. The number of ether oxygens (including phenoxy) is 4. The smallest absolute Gasteiger partial charge is 0.253 e. The second kappa shape index (κ2) is 29.2. The number of fused-ring (bicyclic) bond motifs is 20. The van der Waals surface area contributed by atoms with Gasteiger partial charge in [0.1, 0.15) is 11.5 Å². The first-order chi connectivity index (χ1) is 53.6. The lowest BCUT2D eigenvalue weighted by Gasteiger charge is -2.11. The quantitative estimate of drug-likeness (QED) is 0.0669. The average Bonchev–Trinajstić information content (AvgIpc) is 1.61. The van der Waals surface area contributed by atoms with E-state index in [4.69, 9.17) is 42.1 Å². The van der Waals surface area contributed by atoms with Crippen LogP contribution in [0.15, 0.2) is 170 Å². The molecular weight excluding hydrogens is 1430 g/mol. The molecule has 10 heterocycles. The number of carbonyl (C=O) groups excluding carboxylic acids is 4. The summed E-state index contributed by atoms with van der Waals surface area (Å²) in [4.78, 5) is 81.0. The number of nitrogens with zero attached hydrogens (tertiary/aromatic N) is 4. The van der Waals surface area contributed by atoms with Crippen LogP contribution in [0.3, 0.4) is 0 Å². The van der Waals surface area contributed by atoms with Crippen LogP contribution in [0.2, 0.25) is 10.0 Å². The van der Waals surface area contributed by atoms with Gasteiger partial charge in [0.15, 0.2) is 34.7 Å². The highest BCUT2D eigenvalue weighted by atomic mass is 35.5. The van der Waals surface area contributed by atoms with Crippen molar-refractivity contribution in [3.63, 3.8) is 0 Å². The maximum Gasteiger partial charge on any atom is 0.253 e. The maximum absolute atomic E-state index is 14.1. The number of halogens is 4. The van der Waals surface area contributed by atoms with Crippen LogP contribution in [-0.2, 0) is 25.7 Å². The van der Waals surface area contributed by atoms with Crippen molar-refractivity contribution < 1.29 is 46.9 Å². The summed E-state index contributed by atoms with van der Waals surface area (Å²) < 4.78 is 49.4. The number of aromatic nitrogens is 8. The topological polar surface area (TPSA) is 244 Å². The van der Waals surface area contributed by atoms with Gasteiger partial charge in [-0.05, 0) is 123 Å². The lowest BCUT2D eigenvalue weighted by molar-refractivity contribution is 0.0939. The molecule has 0 radical (unpaired) electrons. The SMILES string of the molecule is CCCOc1ccc(-c2cc3c(ccc4c5c([nH]c43)CCC5=O)cn2)cc1Cl.CCCOc1ccc(-c2cc3c(ccc4c5c([nH]c43)CCNC5=O)cn2)cc1Cl.COc1ccc(-c2cc3c(ccc4c5c([nH]c43)CCC5=O)cn2)cc1F.COc1ccc(-c2cc3c(ccc4c5c([nH]c43)CCNC5=O)cn2)cc1F. The first-order valence-corrected chi connectivity index (χ1v) is 37.3. The van der Waals surface area contributed by atoms with E-state index in [2.05, 4.69) is 76.5 Å². The molecule has 0 atom stereocenters. The Morgan fingerprint density at radius 1 is 0.364 bits per heavy atom. The van der Waals surface area contributed by atoms with E-state index in [1.807, 2.05) is 109 Å². The molecule has 22 heteroatoms. The number of Topliss-reactive ketones (excluding diaryl/α,β-unsaturated/α-hetero) is 2. The summed E-state index contributed by atoms with van der Waals surface area (Å²) in [5.74, 6) is 1.28. The van der Waals surface area contributed by atoms with Crippen molar-refractivity contribution in [1.82, 2.24) is 50.5 Å². The van der Waals surface area contributed by atoms with E-state index in [0.29, 0.717) is 88.8 Å². The Labute approximate surface area is 637 Å². The summed E-state index contributed by atoms with van der Waals surface area (Å²) in [5, 5.41) is 18.8. The minimum Gasteiger partial charge on any atom is -0.494 e. The second-order valence-electron chi connectivity index (χ2n) is 27.6. The van der Waals surface area contributed by atoms with E-state index < -0.39 is 11.6 Å². The molecule has 8 aromatic heterocycles. The average molecular weight is 1500 g/mol. The predicted octanol–water partition coefficient (Wildman–Crippen LogP) is 19.5. The van der Waals surface area contributed by atoms with Crippen LogP contribution < -0.4 is 29.6 Å². The zero-order valence-electron chi connectivity index (χ0n) is 60.2. The molecule has 2 aliphatic carbocycles. The van der Waals surface area contributed by atoms with Crippen LogP contribution in [0.1, 0.15) is 104 Å². The van der Waals surface area contributed by atoms with Crippen LogP contribution >= 0.6 is 23.2 Å². The van der Waals surface area contributed by atoms with Crippen LogP contribution in [0.4, 0.5) is 8.78 Å². The fraction of sp³-hybridized carbons (Fsp3) is 0.182. The molecule has 4 aliphatic rings. The highest BCUT2D eigenvalue weighted by Gasteiger charge is 2.29. The van der Waals surface area contributed by atoms with Gasteiger partial charge in [0.25, 0.3) is 11.8 Å². The van der Waals surface area contributed by atoms with Crippen LogP contribution in [0.25, 0.3) is 132 Å². The lowest BCUT2D eigenvalue weighted by atomic mass is 10.0. The maximum atomic E-state index is 14.1. The Morgan fingerprint density at radius 3 is 0.982 bits per heavy atom. The number of H-pyrrole nitrogens is 4. The minimum atomic E-state index is -0.429. The minimum absolute atomic E-state index is 0.0134. The number of methoxy groups -OCH3 is 2. The largest absolute Gasteiger partial charge is 0.494 e. The van der Waals surface area contributed by atoms with Crippen molar-refractivity contribution in [2.75, 3.05) is 40.5 Å². The van der Waals surface area contributed by atoms with Gasteiger partial charge in [0, 0.05) is 184 Å². The molecule has 2 amide bonds. The third-order valence-electron chi connectivity index (χ3n) is 20.8. The molecule has 2 aliphatic heterocycles. The normalized spacial score (nSPS) is 13.5. The second-order valence-corrected chi connectivity index (χ2v) is 28.4. The number of aryl methyl sites for hydroxylation is 2. The van der Waals surface area contributed by atoms with E-state index >= 15 is 0 Å². The summed E-state index contributed by atoms with van der Waals surface area (Å²) in [6.07, 6.45) is 13.4. The van der Waals surface area contributed by atoms with E-state index in [-0.39, 0.29) is 34.9 Å². The molecule has 0 unspecified atom stereocenters. The zero-order chi connectivity index (χ0) is 75.6. The van der Waals surface area contributed by atoms with Crippen LogP contribution in [0.5, 0.6) is 23.0 Å². The molecule has 548 valence electrons. The predicted molar refractivity (Wildman–Crippen MR) is 428 cm³/mol. The van der Waals surface area contributed by atoms with Gasteiger partial charge in [-0.3, -0.25) is 39.1 Å². The molecule has 0 saturated heterocycles. The highest BCUT2D eigenvalue weighted by Crippen LogP contribution is 2.41. The number of pyridine rings is 4. The third-order valence-corrected chi connectivity index (χ3v) is 21.4.